The molecule has 1 heterocycles. The van der Waals surface area contributed by atoms with Crippen LogP contribution in [0.3, 0.4) is 0 Å². The first-order chi connectivity index (χ1) is 10.5. The summed E-state index contributed by atoms with van der Waals surface area (Å²) in [5.74, 6) is 0.987. The molecule has 3 N–H and O–H groups in total. The van der Waals surface area contributed by atoms with Gasteiger partial charge in [-0.15, -0.1) is 0 Å². The molecule has 2 rings (SSSR count). The number of anilines is 2. The van der Waals surface area contributed by atoms with Crippen molar-refractivity contribution in [1.82, 2.24) is 5.32 Å². The number of benzene rings is 1. The van der Waals surface area contributed by atoms with Crippen LogP contribution in [0, 0.1) is 11.8 Å². The van der Waals surface area contributed by atoms with Gasteiger partial charge >= 0.3 is 0 Å². The monoisotopic (exact) mass is 303 g/mol. The molecule has 0 saturated carbocycles. The molecule has 1 aliphatic rings. The van der Waals surface area contributed by atoms with Gasteiger partial charge in [0.05, 0.1) is 0 Å². The Labute approximate surface area is 131 Å². The predicted octanol–water partition coefficient (Wildman–Crippen LogP) is 2.61. The van der Waals surface area contributed by atoms with E-state index in [1.807, 2.05) is 0 Å². The second-order valence-electron chi connectivity index (χ2n) is 6.08. The number of carbonyl (C=O) groups excluding carboxylic acids is 2. The van der Waals surface area contributed by atoms with Crippen LogP contribution in [0.15, 0.2) is 24.3 Å². The summed E-state index contributed by atoms with van der Waals surface area (Å²) in [5, 5.41) is 8.98. The predicted molar refractivity (Wildman–Crippen MR) is 88.8 cm³/mol. The lowest BCUT2D eigenvalue weighted by molar-refractivity contribution is -0.117. The van der Waals surface area contributed by atoms with Crippen molar-refractivity contribution < 1.29 is 9.59 Å². The van der Waals surface area contributed by atoms with Crippen LogP contribution in [0.2, 0.25) is 0 Å². The Bertz CT molecular complexity index is 507. The summed E-state index contributed by atoms with van der Waals surface area (Å²) in [7, 11) is 0. The molecule has 0 radical (unpaired) electrons. The highest BCUT2D eigenvalue weighted by atomic mass is 16.2. The minimum absolute atomic E-state index is 0.0540. The third-order valence-electron chi connectivity index (χ3n) is 4.18. The Morgan fingerprint density at radius 3 is 2.23 bits per heavy atom. The topological polar surface area (TPSA) is 70.2 Å². The summed E-state index contributed by atoms with van der Waals surface area (Å²) >= 11 is 0. The fourth-order valence-corrected chi connectivity index (χ4v) is 2.92. The Balaban J connectivity index is 1.82. The van der Waals surface area contributed by atoms with E-state index in [9.17, 15) is 9.59 Å². The average Bonchev–Trinajstić information content (AvgIpc) is 2.49. The highest BCUT2D eigenvalue weighted by molar-refractivity contribution is 5.92. The maximum absolute atomic E-state index is 12.1. The molecule has 0 bridgehead atoms. The number of hydrogen-bond donors (Lipinski definition) is 3. The van der Waals surface area contributed by atoms with Crippen molar-refractivity contribution in [3.8, 4) is 0 Å². The van der Waals surface area contributed by atoms with Gasteiger partial charge in [-0.3, -0.25) is 9.59 Å². The Kier molecular flexibility index (Phi) is 5.95. The second-order valence-corrected chi connectivity index (χ2v) is 6.08. The van der Waals surface area contributed by atoms with Crippen LogP contribution < -0.4 is 16.0 Å². The molecule has 2 amide bonds. The van der Waals surface area contributed by atoms with E-state index in [0.29, 0.717) is 18.3 Å². The first kappa shape index (κ1) is 16.5. The van der Waals surface area contributed by atoms with Crippen LogP contribution >= 0.6 is 0 Å². The van der Waals surface area contributed by atoms with Gasteiger partial charge in [-0.05, 0) is 62.0 Å². The van der Waals surface area contributed by atoms with Crippen molar-refractivity contribution in [2.24, 2.45) is 11.8 Å². The van der Waals surface area contributed by atoms with Gasteiger partial charge in [0.15, 0.2) is 0 Å². The number of hydrogen-bond acceptors (Lipinski definition) is 3. The van der Waals surface area contributed by atoms with Crippen LogP contribution in [0.4, 0.5) is 11.4 Å². The fourth-order valence-electron chi connectivity index (χ4n) is 2.92. The standard InChI is InChI=1S/C17H25N3O2/c1-12(14-7-9-18-10-8-14)11-17(22)20-16-5-3-15(4-6-16)19-13(2)21/h3-6,12,14,18H,7-11H2,1-2H3,(H,19,21)(H,20,22). The summed E-state index contributed by atoms with van der Waals surface area (Å²) in [6.07, 6.45) is 2.86. The van der Waals surface area contributed by atoms with Crippen LogP contribution in [0.25, 0.3) is 0 Å². The van der Waals surface area contributed by atoms with Gasteiger partial charge in [0, 0.05) is 24.7 Å². The van der Waals surface area contributed by atoms with Gasteiger partial charge in [0.2, 0.25) is 11.8 Å². The highest BCUT2D eigenvalue weighted by Crippen LogP contribution is 2.24. The van der Waals surface area contributed by atoms with Crippen molar-refractivity contribution in [3.63, 3.8) is 0 Å². The normalized spacial score (nSPS) is 16.8. The second kappa shape index (κ2) is 7.94. The summed E-state index contributed by atoms with van der Waals surface area (Å²) in [4.78, 5) is 23.1. The number of amides is 2. The lowest BCUT2D eigenvalue weighted by Crippen LogP contribution is -2.32. The van der Waals surface area contributed by atoms with Crippen molar-refractivity contribution in [3.05, 3.63) is 24.3 Å². The number of nitrogens with one attached hydrogen (secondary N) is 3. The SMILES string of the molecule is CC(=O)Nc1ccc(NC(=O)CC(C)C2CCNCC2)cc1. The van der Waals surface area contributed by atoms with E-state index >= 15 is 0 Å². The minimum atomic E-state index is -0.104. The zero-order valence-corrected chi connectivity index (χ0v) is 13.3. The quantitative estimate of drug-likeness (QED) is 0.783. The molecule has 0 aromatic heterocycles. The van der Waals surface area contributed by atoms with Crippen molar-refractivity contribution in [2.75, 3.05) is 23.7 Å². The summed E-state index contributed by atoms with van der Waals surface area (Å²) < 4.78 is 0. The third-order valence-corrected chi connectivity index (χ3v) is 4.18. The molecule has 1 aromatic carbocycles. The summed E-state index contributed by atoms with van der Waals surface area (Å²) in [5.41, 5.74) is 1.49. The van der Waals surface area contributed by atoms with E-state index in [0.717, 1.165) is 37.3 Å². The molecule has 1 unspecified atom stereocenters. The van der Waals surface area contributed by atoms with E-state index in [1.54, 1.807) is 24.3 Å². The van der Waals surface area contributed by atoms with Crippen molar-refractivity contribution >= 4 is 23.2 Å². The van der Waals surface area contributed by atoms with Gasteiger partial charge in [-0.2, -0.15) is 0 Å². The van der Waals surface area contributed by atoms with Crippen LogP contribution in [0.5, 0.6) is 0 Å². The molecule has 1 aromatic rings. The number of rotatable bonds is 5. The minimum Gasteiger partial charge on any atom is -0.326 e. The van der Waals surface area contributed by atoms with Crippen LogP contribution in [0.1, 0.15) is 33.1 Å². The molecular weight excluding hydrogens is 278 g/mol. The highest BCUT2D eigenvalue weighted by Gasteiger charge is 2.21. The van der Waals surface area contributed by atoms with Crippen molar-refractivity contribution in [1.29, 1.82) is 0 Å². The van der Waals surface area contributed by atoms with E-state index in [2.05, 4.69) is 22.9 Å². The Morgan fingerprint density at radius 1 is 1.14 bits per heavy atom. The largest absolute Gasteiger partial charge is 0.326 e. The Hall–Kier alpha value is -1.88. The zero-order valence-electron chi connectivity index (χ0n) is 13.3. The molecular formula is C17H25N3O2. The molecule has 1 aliphatic heterocycles. The zero-order chi connectivity index (χ0) is 15.9. The molecule has 1 fully saturated rings. The van der Waals surface area contributed by atoms with E-state index < -0.39 is 0 Å². The molecule has 1 saturated heterocycles. The maximum atomic E-state index is 12.1. The molecule has 5 heteroatoms. The van der Waals surface area contributed by atoms with Gasteiger partial charge in [0.25, 0.3) is 0 Å². The van der Waals surface area contributed by atoms with Gasteiger partial charge in [0.1, 0.15) is 0 Å². The number of piperidine rings is 1. The van der Waals surface area contributed by atoms with E-state index in [1.165, 1.54) is 6.92 Å². The summed E-state index contributed by atoms with van der Waals surface area (Å²) in [6, 6.07) is 7.18. The van der Waals surface area contributed by atoms with Gasteiger partial charge in [-0.25, -0.2) is 0 Å². The molecule has 0 spiro atoms. The lowest BCUT2D eigenvalue weighted by Gasteiger charge is -2.27. The number of carbonyl (C=O) groups is 2. The smallest absolute Gasteiger partial charge is 0.224 e. The van der Waals surface area contributed by atoms with Crippen molar-refractivity contribution in [2.45, 2.75) is 33.1 Å². The van der Waals surface area contributed by atoms with Gasteiger partial charge < -0.3 is 16.0 Å². The summed E-state index contributed by atoms with van der Waals surface area (Å²) in [6.45, 7) is 5.75. The molecule has 22 heavy (non-hydrogen) atoms. The molecule has 0 aliphatic carbocycles. The third kappa shape index (κ3) is 5.15. The molecule has 5 nitrogen and oxygen atoms in total. The first-order valence-electron chi connectivity index (χ1n) is 7.93. The van der Waals surface area contributed by atoms with Crippen LogP contribution in [-0.4, -0.2) is 24.9 Å². The van der Waals surface area contributed by atoms with Gasteiger partial charge in [-0.1, -0.05) is 6.92 Å². The Morgan fingerprint density at radius 2 is 1.68 bits per heavy atom. The maximum Gasteiger partial charge on any atom is 0.224 e. The fraction of sp³-hybridized carbons (Fsp3) is 0.529. The van der Waals surface area contributed by atoms with E-state index in [-0.39, 0.29) is 11.8 Å². The first-order valence-corrected chi connectivity index (χ1v) is 7.93. The lowest BCUT2D eigenvalue weighted by atomic mass is 9.84. The molecule has 120 valence electrons. The average molecular weight is 303 g/mol. The molecule has 1 atom stereocenters. The van der Waals surface area contributed by atoms with Crippen LogP contribution in [-0.2, 0) is 9.59 Å². The van der Waals surface area contributed by atoms with E-state index in [4.69, 9.17) is 0 Å².